The first-order chi connectivity index (χ1) is 19.1. The summed E-state index contributed by atoms with van der Waals surface area (Å²) < 4.78 is 10.3. The summed E-state index contributed by atoms with van der Waals surface area (Å²) in [7, 11) is 1.66. The maximum Gasteiger partial charge on any atom is 0.323 e. The Hall–Kier alpha value is -4.59. The van der Waals surface area contributed by atoms with Crippen LogP contribution in [0.4, 0.5) is 10.6 Å². The Bertz CT molecular complexity index is 1490. The zero-order valence-electron chi connectivity index (χ0n) is 21.7. The number of amides is 3. The van der Waals surface area contributed by atoms with Crippen molar-refractivity contribution in [3.8, 4) is 16.9 Å². The molecule has 8 nitrogen and oxygen atoms in total. The van der Waals surface area contributed by atoms with E-state index in [-0.39, 0.29) is 23.8 Å². The number of methoxy groups -OCH3 is 1. The van der Waals surface area contributed by atoms with Gasteiger partial charge in [0.25, 0.3) is 0 Å². The Morgan fingerprint density at radius 1 is 1.05 bits per heavy atom. The molecule has 1 saturated carbocycles. The third-order valence-corrected chi connectivity index (χ3v) is 7.66. The molecule has 0 saturated heterocycles. The number of aromatic nitrogens is 1. The Kier molecular flexibility index (Phi) is 6.75. The average Bonchev–Trinajstić information content (AvgIpc) is 3.63. The molecule has 2 atom stereocenters. The van der Waals surface area contributed by atoms with Crippen LogP contribution in [0.1, 0.15) is 34.6 Å². The Morgan fingerprint density at radius 2 is 1.92 bits per heavy atom. The summed E-state index contributed by atoms with van der Waals surface area (Å²) in [6.45, 7) is 1.40. The van der Waals surface area contributed by atoms with Gasteiger partial charge in [0.05, 0.1) is 7.11 Å². The van der Waals surface area contributed by atoms with Gasteiger partial charge in [-0.05, 0) is 64.3 Å². The SMILES string of the molecule is COc1cccc(-c2ccc(CNC(=O)[C@@H]3C[C@H]3c3ccccc3)c3c2CCN(C(=O)Nc2ccon2)C3)c1. The van der Waals surface area contributed by atoms with E-state index in [2.05, 4.69) is 46.1 Å². The predicted molar refractivity (Wildman–Crippen MR) is 147 cm³/mol. The lowest BCUT2D eigenvalue weighted by Crippen LogP contribution is -2.40. The van der Waals surface area contributed by atoms with E-state index < -0.39 is 0 Å². The van der Waals surface area contributed by atoms with E-state index in [4.69, 9.17) is 9.26 Å². The highest BCUT2D eigenvalue weighted by atomic mass is 16.5. The number of nitrogens with one attached hydrogen (secondary N) is 2. The molecule has 198 valence electrons. The minimum Gasteiger partial charge on any atom is -0.497 e. The van der Waals surface area contributed by atoms with Gasteiger partial charge < -0.3 is 19.5 Å². The zero-order chi connectivity index (χ0) is 26.8. The number of nitrogens with zero attached hydrogens (tertiary/aromatic N) is 2. The Morgan fingerprint density at radius 3 is 2.72 bits per heavy atom. The van der Waals surface area contributed by atoms with Gasteiger partial charge in [0.15, 0.2) is 5.82 Å². The van der Waals surface area contributed by atoms with E-state index in [1.807, 2.05) is 36.4 Å². The van der Waals surface area contributed by atoms with Crippen molar-refractivity contribution in [3.05, 3.63) is 101 Å². The zero-order valence-corrected chi connectivity index (χ0v) is 21.7. The van der Waals surface area contributed by atoms with Crippen LogP contribution in [0.25, 0.3) is 11.1 Å². The molecule has 1 aromatic heterocycles. The second kappa shape index (κ2) is 10.6. The van der Waals surface area contributed by atoms with Gasteiger partial charge in [-0.25, -0.2) is 4.79 Å². The number of anilines is 1. The van der Waals surface area contributed by atoms with Gasteiger partial charge in [0, 0.05) is 31.6 Å². The summed E-state index contributed by atoms with van der Waals surface area (Å²) in [5.41, 5.74) is 6.65. The molecule has 0 bridgehead atoms. The van der Waals surface area contributed by atoms with Gasteiger partial charge in [-0.3, -0.25) is 10.1 Å². The van der Waals surface area contributed by atoms with Crippen molar-refractivity contribution in [3.63, 3.8) is 0 Å². The van der Waals surface area contributed by atoms with Crippen molar-refractivity contribution in [1.29, 1.82) is 0 Å². The maximum absolute atomic E-state index is 13.0. The van der Waals surface area contributed by atoms with Crippen molar-refractivity contribution >= 4 is 17.8 Å². The molecule has 1 fully saturated rings. The number of carbonyl (C=O) groups excluding carboxylic acids is 2. The molecular weight excluding hydrogens is 492 g/mol. The highest BCUT2D eigenvalue weighted by molar-refractivity contribution is 5.88. The van der Waals surface area contributed by atoms with Crippen molar-refractivity contribution in [2.45, 2.75) is 31.8 Å². The fourth-order valence-corrected chi connectivity index (χ4v) is 5.47. The highest BCUT2D eigenvalue weighted by Gasteiger charge is 2.43. The van der Waals surface area contributed by atoms with Crippen molar-refractivity contribution < 1.29 is 18.8 Å². The van der Waals surface area contributed by atoms with Crippen molar-refractivity contribution in [1.82, 2.24) is 15.4 Å². The van der Waals surface area contributed by atoms with Crippen LogP contribution in [0.5, 0.6) is 5.75 Å². The van der Waals surface area contributed by atoms with Gasteiger partial charge in [0.1, 0.15) is 12.0 Å². The third-order valence-electron chi connectivity index (χ3n) is 7.66. The minimum absolute atomic E-state index is 0.00372. The van der Waals surface area contributed by atoms with E-state index in [9.17, 15) is 9.59 Å². The lowest BCUT2D eigenvalue weighted by Gasteiger charge is -2.32. The van der Waals surface area contributed by atoms with Crippen LogP contribution in [0, 0.1) is 5.92 Å². The van der Waals surface area contributed by atoms with Gasteiger partial charge >= 0.3 is 6.03 Å². The number of hydrogen-bond donors (Lipinski definition) is 2. The molecule has 2 heterocycles. The molecule has 4 aromatic rings. The second-order valence-corrected chi connectivity index (χ2v) is 10.0. The smallest absolute Gasteiger partial charge is 0.323 e. The molecule has 3 aromatic carbocycles. The summed E-state index contributed by atoms with van der Waals surface area (Å²) >= 11 is 0. The standard InChI is InChI=1S/C31H30N4O4/c1-38-23-9-5-8-21(16-23)24-11-10-22(18-32-30(36)27-17-26(27)20-6-3-2-4-7-20)28-19-35(14-12-25(24)28)31(37)33-29-13-15-39-34-29/h2-11,13,15-16,26-27H,12,14,17-19H2,1H3,(H,32,36)(H,33,34,37)/t26-,27+/m0/s1. The summed E-state index contributed by atoms with van der Waals surface area (Å²) in [6, 6.07) is 23.8. The lowest BCUT2D eigenvalue weighted by atomic mass is 9.87. The Balaban J connectivity index is 1.24. The highest BCUT2D eigenvalue weighted by Crippen LogP contribution is 2.47. The summed E-state index contributed by atoms with van der Waals surface area (Å²) in [5.74, 6) is 1.53. The summed E-state index contributed by atoms with van der Waals surface area (Å²) in [6.07, 6.45) is 2.98. The molecular formula is C31H30N4O4. The molecule has 6 rings (SSSR count). The number of fused-ring (bicyclic) bond motifs is 1. The van der Waals surface area contributed by atoms with Crippen LogP contribution in [0.3, 0.4) is 0 Å². The fourth-order valence-electron chi connectivity index (χ4n) is 5.47. The van der Waals surface area contributed by atoms with Gasteiger partial charge in [-0.15, -0.1) is 0 Å². The van der Waals surface area contributed by atoms with Crippen LogP contribution < -0.4 is 15.4 Å². The predicted octanol–water partition coefficient (Wildman–Crippen LogP) is 5.36. The number of ether oxygens (including phenoxy) is 1. The van der Waals surface area contributed by atoms with Crippen LogP contribution >= 0.6 is 0 Å². The number of benzene rings is 3. The third kappa shape index (κ3) is 5.23. The van der Waals surface area contributed by atoms with Gasteiger partial charge in [0.2, 0.25) is 5.91 Å². The van der Waals surface area contributed by atoms with Crippen LogP contribution in [-0.4, -0.2) is 35.6 Å². The molecule has 2 N–H and O–H groups in total. The normalized spacial score (nSPS) is 17.7. The quantitative estimate of drug-likeness (QED) is 0.341. The molecule has 39 heavy (non-hydrogen) atoms. The van der Waals surface area contributed by atoms with Gasteiger partial charge in [-0.2, -0.15) is 0 Å². The molecule has 0 spiro atoms. The molecule has 3 amide bonds. The number of rotatable bonds is 7. The fraction of sp³-hybridized carbons (Fsp3) is 0.258. The topological polar surface area (TPSA) is 96.7 Å². The van der Waals surface area contributed by atoms with E-state index in [0.717, 1.165) is 34.4 Å². The monoisotopic (exact) mass is 522 g/mol. The molecule has 8 heteroatoms. The first kappa shape index (κ1) is 24.7. The first-order valence-electron chi connectivity index (χ1n) is 13.2. The second-order valence-electron chi connectivity index (χ2n) is 10.0. The largest absolute Gasteiger partial charge is 0.497 e. The summed E-state index contributed by atoms with van der Waals surface area (Å²) in [5, 5.41) is 9.75. The van der Waals surface area contributed by atoms with Crippen LogP contribution in [0.2, 0.25) is 0 Å². The minimum atomic E-state index is -0.236. The lowest BCUT2D eigenvalue weighted by molar-refractivity contribution is -0.122. The average molecular weight is 523 g/mol. The molecule has 1 aliphatic carbocycles. The van der Waals surface area contributed by atoms with Gasteiger partial charge in [-0.1, -0.05) is 59.8 Å². The maximum atomic E-state index is 13.0. The molecule has 2 aliphatic rings. The molecule has 1 aliphatic heterocycles. The van der Waals surface area contributed by atoms with E-state index in [1.165, 1.54) is 17.4 Å². The molecule has 0 radical (unpaired) electrons. The van der Waals surface area contributed by atoms with E-state index >= 15 is 0 Å². The van der Waals surface area contributed by atoms with E-state index in [0.29, 0.717) is 31.9 Å². The van der Waals surface area contributed by atoms with Crippen LogP contribution in [0.15, 0.2) is 83.6 Å². The van der Waals surface area contributed by atoms with E-state index in [1.54, 1.807) is 18.1 Å². The summed E-state index contributed by atoms with van der Waals surface area (Å²) in [4.78, 5) is 27.8. The van der Waals surface area contributed by atoms with Crippen molar-refractivity contribution in [2.75, 3.05) is 19.0 Å². The Labute approximate surface area is 227 Å². The van der Waals surface area contributed by atoms with Crippen LogP contribution in [-0.2, 0) is 24.3 Å². The van der Waals surface area contributed by atoms with Crippen molar-refractivity contribution in [2.24, 2.45) is 5.92 Å². The number of hydrogen-bond acceptors (Lipinski definition) is 5. The number of carbonyl (C=O) groups is 2. The number of urea groups is 1. The first-order valence-corrected chi connectivity index (χ1v) is 13.2. The molecule has 0 unspecified atom stereocenters.